The molecule has 0 N–H and O–H groups in total. The summed E-state index contributed by atoms with van der Waals surface area (Å²) in [6, 6.07) is 0. The number of carbonyl (C=O) groups is 3. The van der Waals surface area contributed by atoms with Crippen molar-refractivity contribution in [1.29, 1.82) is 0 Å². The summed E-state index contributed by atoms with van der Waals surface area (Å²) in [6.07, 6.45) is 82.1. The summed E-state index contributed by atoms with van der Waals surface area (Å²) in [5, 5.41) is 0. The summed E-state index contributed by atoms with van der Waals surface area (Å²) in [5.41, 5.74) is 0. The molecule has 0 amide bonds. The highest BCUT2D eigenvalue weighted by atomic mass is 16.6. The van der Waals surface area contributed by atoms with Crippen molar-refractivity contribution in [3.8, 4) is 0 Å². The van der Waals surface area contributed by atoms with Gasteiger partial charge in [-0.15, -0.1) is 0 Å². The van der Waals surface area contributed by atoms with E-state index in [-0.39, 0.29) is 37.5 Å². The number of rotatable bonds is 59. The predicted octanol–water partition coefficient (Wildman–Crippen LogP) is 22.1. The van der Waals surface area contributed by atoms with Crippen LogP contribution in [0, 0.1) is 0 Å². The van der Waals surface area contributed by atoms with Gasteiger partial charge in [-0.25, -0.2) is 0 Å². The maximum atomic E-state index is 12.9. The molecule has 0 aliphatic rings. The Morgan fingerprint density at radius 3 is 0.867 bits per heavy atom. The molecule has 0 radical (unpaired) electrons. The van der Waals surface area contributed by atoms with Crippen molar-refractivity contribution in [3.63, 3.8) is 0 Å². The fourth-order valence-corrected chi connectivity index (χ4v) is 9.35. The van der Waals surface area contributed by atoms with Gasteiger partial charge >= 0.3 is 17.9 Å². The van der Waals surface area contributed by atoms with Gasteiger partial charge in [0, 0.05) is 19.3 Å². The van der Waals surface area contributed by atoms with Gasteiger partial charge in [-0.05, 0) is 89.9 Å². The normalized spacial score (nSPS) is 12.5. The number of hydrogen-bond acceptors (Lipinski definition) is 6. The number of ether oxygens (including phenoxy) is 3. The number of allylic oxidation sites excluding steroid dienone is 12. The SMILES string of the molecule is CC/C=C\C/C=C\C/C=C\C/C=C\C/C=C\CCCCCC(=O)OC(COC(=O)CCCCCCC/C=C\CCCCC)COC(=O)CCCCCCCCCCCCCCCCCCCCCCCCCCCC. The number of hydrogen-bond donors (Lipinski definition) is 0. The predicted molar refractivity (Wildman–Crippen MR) is 325 cm³/mol. The van der Waals surface area contributed by atoms with Gasteiger partial charge in [-0.1, -0.05) is 293 Å². The zero-order valence-electron chi connectivity index (χ0n) is 49.8. The summed E-state index contributed by atoms with van der Waals surface area (Å²) in [4.78, 5) is 38.3. The van der Waals surface area contributed by atoms with Crippen molar-refractivity contribution in [3.05, 3.63) is 72.9 Å². The van der Waals surface area contributed by atoms with E-state index in [0.717, 1.165) is 103 Å². The molecule has 1 unspecified atom stereocenters. The third-order valence-electron chi connectivity index (χ3n) is 14.2. The molecule has 0 aliphatic heterocycles. The summed E-state index contributed by atoms with van der Waals surface area (Å²) >= 11 is 0. The first-order valence-electron chi connectivity index (χ1n) is 32.4. The number of esters is 3. The Hall–Kier alpha value is -3.15. The van der Waals surface area contributed by atoms with Crippen LogP contribution in [0.1, 0.15) is 329 Å². The quantitative estimate of drug-likeness (QED) is 0.0261. The molecule has 0 aromatic rings. The van der Waals surface area contributed by atoms with Gasteiger partial charge < -0.3 is 14.2 Å². The molecule has 75 heavy (non-hydrogen) atoms. The standard InChI is InChI=1S/C69H122O6/c1-4-7-10-13-16-19-22-25-27-29-31-32-33-34-35-36-37-39-40-42-44-47-50-53-56-59-62-68(71)74-65-66(64-73-67(70)61-58-55-52-49-46-24-21-18-15-12-9-6-3)75-69(72)63-60-57-54-51-48-45-43-41-38-30-28-26-23-20-17-14-11-8-5-2/h8,11,17-18,20-21,26,28,38,41,45,48,66H,4-7,9-10,12-16,19,22-25,27,29-37,39-40,42-44,46-47,49-65H2,1-3H3/b11-8-,20-17-,21-18-,28-26-,41-38-,48-45-. The molecule has 0 rings (SSSR count). The van der Waals surface area contributed by atoms with Gasteiger partial charge in [0.05, 0.1) is 0 Å². The van der Waals surface area contributed by atoms with Gasteiger partial charge in [0.2, 0.25) is 0 Å². The molecule has 0 saturated carbocycles. The van der Waals surface area contributed by atoms with Crippen LogP contribution in [-0.2, 0) is 28.6 Å². The van der Waals surface area contributed by atoms with Crippen molar-refractivity contribution < 1.29 is 28.6 Å². The van der Waals surface area contributed by atoms with E-state index >= 15 is 0 Å². The van der Waals surface area contributed by atoms with Crippen LogP contribution >= 0.6 is 0 Å². The molecule has 0 aromatic heterocycles. The summed E-state index contributed by atoms with van der Waals surface area (Å²) in [5.74, 6) is -0.917. The highest BCUT2D eigenvalue weighted by Crippen LogP contribution is 2.17. The van der Waals surface area contributed by atoms with Crippen LogP contribution < -0.4 is 0 Å². The van der Waals surface area contributed by atoms with Gasteiger partial charge in [-0.2, -0.15) is 0 Å². The van der Waals surface area contributed by atoms with Crippen LogP contribution in [0.15, 0.2) is 72.9 Å². The molecule has 0 fully saturated rings. The monoisotopic (exact) mass is 1050 g/mol. The maximum absolute atomic E-state index is 12.9. The Kier molecular flexibility index (Phi) is 60.7. The van der Waals surface area contributed by atoms with Crippen molar-refractivity contribution in [1.82, 2.24) is 0 Å². The first-order valence-corrected chi connectivity index (χ1v) is 32.4. The molecule has 0 aromatic carbocycles. The van der Waals surface area contributed by atoms with E-state index < -0.39 is 6.10 Å². The van der Waals surface area contributed by atoms with Crippen LogP contribution in [0.3, 0.4) is 0 Å². The maximum Gasteiger partial charge on any atom is 0.306 e. The lowest BCUT2D eigenvalue weighted by molar-refractivity contribution is -0.167. The minimum atomic E-state index is -0.796. The van der Waals surface area contributed by atoms with E-state index in [1.165, 1.54) is 186 Å². The van der Waals surface area contributed by atoms with E-state index in [2.05, 4.69) is 93.7 Å². The molecular weight excluding hydrogens is 925 g/mol. The topological polar surface area (TPSA) is 78.9 Å². The Balaban J connectivity index is 4.28. The Morgan fingerprint density at radius 1 is 0.280 bits per heavy atom. The van der Waals surface area contributed by atoms with Crippen molar-refractivity contribution in [2.75, 3.05) is 13.2 Å². The molecular formula is C69H122O6. The Labute approximate surface area is 465 Å². The Morgan fingerprint density at radius 2 is 0.520 bits per heavy atom. The molecule has 6 heteroatoms. The molecule has 0 spiro atoms. The lowest BCUT2D eigenvalue weighted by Gasteiger charge is -2.18. The Bertz CT molecular complexity index is 1390. The average molecular weight is 1050 g/mol. The number of unbranched alkanes of at least 4 members (excludes halogenated alkanes) is 36. The number of carbonyl (C=O) groups excluding carboxylic acids is 3. The van der Waals surface area contributed by atoms with E-state index in [1.807, 2.05) is 0 Å². The zero-order chi connectivity index (χ0) is 54.3. The van der Waals surface area contributed by atoms with E-state index in [4.69, 9.17) is 14.2 Å². The van der Waals surface area contributed by atoms with Gasteiger partial charge in [0.25, 0.3) is 0 Å². The zero-order valence-corrected chi connectivity index (χ0v) is 49.8. The highest BCUT2D eigenvalue weighted by molar-refractivity contribution is 5.71. The molecule has 434 valence electrons. The molecule has 0 bridgehead atoms. The molecule has 0 heterocycles. The second-order valence-corrected chi connectivity index (χ2v) is 21.6. The lowest BCUT2D eigenvalue weighted by atomic mass is 10.0. The summed E-state index contributed by atoms with van der Waals surface area (Å²) < 4.78 is 16.9. The van der Waals surface area contributed by atoms with E-state index in [0.29, 0.717) is 12.8 Å². The minimum Gasteiger partial charge on any atom is -0.462 e. The molecule has 0 aliphatic carbocycles. The second kappa shape index (κ2) is 63.4. The smallest absolute Gasteiger partial charge is 0.306 e. The fourth-order valence-electron chi connectivity index (χ4n) is 9.35. The molecule has 0 saturated heterocycles. The molecule has 1 atom stereocenters. The van der Waals surface area contributed by atoms with Crippen LogP contribution in [0.5, 0.6) is 0 Å². The van der Waals surface area contributed by atoms with Gasteiger partial charge in [0.1, 0.15) is 13.2 Å². The first kappa shape index (κ1) is 71.8. The van der Waals surface area contributed by atoms with Gasteiger partial charge in [-0.3, -0.25) is 14.4 Å². The van der Waals surface area contributed by atoms with Crippen LogP contribution in [0.2, 0.25) is 0 Å². The van der Waals surface area contributed by atoms with Crippen molar-refractivity contribution >= 4 is 17.9 Å². The third kappa shape index (κ3) is 61.6. The first-order chi connectivity index (χ1) is 37.0. The van der Waals surface area contributed by atoms with Crippen molar-refractivity contribution in [2.45, 2.75) is 335 Å². The van der Waals surface area contributed by atoms with Gasteiger partial charge in [0.15, 0.2) is 6.10 Å². The van der Waals surface area contributed by atoms with Crippen LogP contribution in [0.25, 0.3) is 0 Å². The van der Waals surface area contributed by atoms with E-state index in [1.54, 1.807) is 0 Å². The summed E-state index contributed by atoms with van der Waals surface area (Å²) in [7, 11) is 0. The second-order valence-electron chi connectivity index (χ2n) is 21.6. The fraction of sp³-hybridized carbons (Fsp3) is 0.783. The van der Waals surface area contributed by atoms with Crippen molar-refractivity contribution in [2.24, 2.45) is 0 Å². The van der Waals surface area contributed by atoms with E-state index in [9.17, 15) is 14.4 Å². The largest absolute Gasteiger partial charge is 0.462 e. The minimum absolute atomic E-state index is 0.0888. The van der Waals surface area contributed by atoms with Crippen LogP contribution in [-0.4, -0.2) is 37.2 Å². The highest BCUT2D eigenvalue weighted by Gasteiger charge is 2.19. The molecule has 6 nitrogen and oxygen atoms in total. The average Bonchev–Trinajstić information content (AvgIpc) is 3.41. The summed E-state index contributed by atoms with van der Waals surface area (Å²) in [6.45, 7) is 6.51. The third-order valence-corrected chi connectivity index (χ3v) is 14.2. The lowest BCUT2D eigenvalue weighted by Crippen LogP contribution is -2.30. The van der Waals surface area contributed by atoms with Crippen LogP contribution in [0.4, 0.5) is 0 Å².